The molecule has 2 rings (SSSR count). The van der Waals surface area contributed by atoms with E-state index in [1.165, 1.54) is 0 Å². The molecule has 0 heterocycles. The molecule has 5 heteroatoms. The van der Waals surface area contributed by atoms with Crippen LogP contribution in [0.5, 0.6) is 0 Å². The summed E-state index contributed by atoms with van der Waals surface area (Å²) in [6.07, 6.45) is 1.01. The van der Waals surface area contributed by atoms with Crippen LogP contribution in [0.4, 0.5) is 0 Å². The van der Waals surface area contributed by atoms with Crippen LogP contribution in [0.2, 0.25) is 0 Å². The van der Waals surface area contributed by atoms with Crippen LogP contribution in [-0.2, 0) is 15.5 Å². The Balaban J connectivity index is 2.23. The van der Waals surface area contributed by atoms with E-state index in [0.717, 1.165) is 17.5 Å². The summed E-state index contributed by atoms with van der Waals surface area (Å²) in [5.74, 6) is 0. The highest BCUT2D eigenvalue weighted by atomic mass is 31.2. The number of hydrogen-bond donors (Lipinski definition) is 2. The average Bonchev–Trinajstić information content (AvgIpc) is 2.47. The molecule has 1 unspecified atom stereocenters. The van der Waals surface area contributed by atoms with Crippen molar-refractivity contribution in [1.82, 2.24) is 0 Å². The van der Waals surface area contributed by atoms with E-state index in [0.29, 0.717) is 6.42 Å². The molecule has 14 heavy (non-hydrogen) atoms. The highest BCUT2D eigenvalue weighted by molar-refractivity contribution is 7.46. The molecule has 1 aromatic carbocycles. The zero-order valence-corrected chi connectivity index (χ0v) is 8.35. The topological polar surface area (TPSA) is 66.8 Å². The van der Waals surface area contributed by atoms with Gasteiger partial charge in [-0.3, -0.25) is 4.52 Å². The fraction of sp³-hybridized carbons (Fsp3) is 0.333. The number of aryl methyl sites for hydroxylation is 1. The van der Waals surface area contributed by atoms with E-state index in [1.54, 1.807) is 0 Å². The molecule has 0 saturated carbocycles. The molecular weight excluding hydrogens is 203 g/mol. The van der Waals surface area contributed by atoms with E-state index in [9.17, 15) is 4.57 Å². The Morgan fingerprint density at radius 2 is 2.07 bits per heavy atom. The van der Waals surface area contributed by atoms with Crippen LogP contribution in [0.15, 0.2) is 24.3 Å². The second kappa shape index (κ2) is 3.48. The number of hydrogen-bond acceptors (Lipinski definition) is 2. The van der Waals surface area contributed by atoms with Gasteiger partial charge in [-0.15, -0.1) is 0 Å². The normalized spacial score (nSPS) is 20.9. The van der Waals surface area contributed by atoms with Gasteiger partial charge >= 0.3 is 7.82 Å². The molecule has 0 fully saturated rings. The lowest BCUT2D eigenvalue weighted by Gasteiger charge is -2.13. The molecule has 2 N–H and O–H groups in total. The van der Waals surface area contributed by atoms with E-state index in [2.05, 4.69) is 0 Å². The Morgan fingerprint density at radius 3 is 2.79 bits per heavy atom. The number of phosphoric ester groups is 1. The second-order valence-corrected chi connectivity index (χ2v) is 4.51. The molecule has 0 saturated heterocycles. The van der Waals surface area contributed by atoms with E-state index >= 15 is 0 Å². The van der Waals surface area contributed by atoms with Crippen molar-refractivity contribution in [2.24, 2.45) is 0 Å². The first kappa shape index (κ1) is 9.87. The summed E-state index contributed by atoms with van der Waals surface area (Å²) in [4.78, 5) is 17.4. The molecule has 1 aromatic rings. The van der Waals surface area contributed by atoms with Gasteiger partial charge in [0.2, 0.25) is 0 Å². The van der Waals surface area contributed by atoms with E-state index < -0.39 is 13.9 Å². The molecule has 0 spiro atoms. The minimum Gasteiger partial charge on any atom is -0.303 e. The monoisotopic (exact) mass is 214 g/mol. The fourth-order valence-corrected chi connectivity index (χ4v) is 2.34. The summed E-state index contributed by atoms with van der Waals surface area (Å²) < 4.78 is 15.4. The van der Waals surface area contributed by atoms with Gasteiger partial charge in [0, 0.05) is 0 Å². The molecule has 0 bridgehead atoms. The van der Waals surface area contributed by atoms with Crippen LogP contribution in [0, 0.1) is 0 Å². The highest BCUT2D eigenvalue weighted by Crippen LogP contribution is 2.46. The summed E-state index contributed by atoms with van der Waals surface area (Å²) in [5, 5.41) is 0. The van der Waals surface area contributed by atoms with Crippen LogP contribution < -0.4 is 0 Å². The van der Waals surface area contributed by atoms with Crippen molar-refractivity contribution in [2.45, 2.75) is 18.9 Å². The van der Waals surface area contributed by atoms with Crippen molar-refractivity contribution in [1.29, 1.82) is 0 Å². The largest absolute Gasteiger partial charge is 0.470 e. The van der Waals surface area contributed by atoms with E-state index in [-0.39, 0.29) is 0 Å². The van der Waals surface area contributed by atoms with Gasteiger partial charge in [-0.05, 0) is 24.0 Å². The van der Waals surface area contributed by atoms with Crippen molar-refractivity contribution >= 4 is 7.82 Å². The van der Waals surface area contributed by atoms with Gasteiger partial charge in [-0.2, -0.15) is 0 Å². The van der Waals surface area contributed by atoms with Crippen LogP contribution >= 0.6 is 7.82 Å². The minimum atomic E-state index is -4.37. The van der Waals surface area contributed by atoms with Crippen molar-refractivity contribution in [3.63, 3.8) is 0 Å². The average molecular weight is 214 g/mol. The number of phosphoric acid groups is 1. The lowest BCUT2D eigenvalue weighted by Crippen LogP contribution is -1.97. The summed E-state index contributed by atoms with van der Waals surface area (Å²) in [7, 11) is -4.37. The van der Waals surface area contributed by atoms with Crippen molar-refractivity contribution in [2.75, 3.05) is 0 Å². The van der Waals surface area contributed by atoms with Crippen LogP contribution in [0.3, 0.4) is 0 Å². The summed E-state index contributed by atoms with van der Waals surface area (Å²) in [6.45, 7) is 0. The van der Waals surface area contributed by atoms with Gasteiger partial charge in [0.1, 0.15) is 0 Å². The maximum Gasteiger partial charge on any atom is 0.470 e. The molecular formula is C9H11O4P. The molecule has 1 aliphatic rings. The lowest BCUT2D eigenvalue weighted by molar-refractivity contribution is 0.134. The first-order chi connectivity index (χ1) is 6.56. The van der Waals surface area contributed by atoms with Gasteiger partial charge in [0.25, 0.3) is 0 Å². The van der Waals surface area contributed by atoms with E-state index in [4.69, 9.17) is 14.3 Å². The molecule has 0 radical (unpaired) electrons. The standard InChI is InChI=1S/C9H11O4P/c10-14(11,12)13-9-6-5-7-3-1-2-4-8(7)9/h1-4,9H,5-6H2,(H2,10,11,12). The predicted molar refractivity (Wildman–Crippen MR) is 50.6 cm³/mol. The maximum absolute atomic E-state index is 10.7. The molecule has 4 nitrogen and oxygen atoms in total. The third kappa shape index (κ3) is 2.04. The Bertz CT molecular complexity index is 384. The van der Waals surface area contributed by atoms with Crippen molar-refractivity contribution < 1.29 is 18.9 Å². The first-order valence-electron chi connectivity index (χ1n) is 4.38. The SMILES string of the molecule is O=P(O)(O)OC1CCc2ccccc21. The van der Waals surface area contributed by atoms with Crippen LogP contribution in [0.25, 0.3) is 0 Å². The summed E-state index contributed by atoms with van der Waals surface area (Å²) >= 11 is 0. The fourth-order valence-electron chi connectivity index (χ4n) is 1.79. The first-order valence-corrected chi connectivity index (χ1v) is 5.91. The van der Waals surface area contributed by atoms with Crippen LogP contribution in [-0.4, -0.2) is 9.79 Å². The second-order valence-electron chi connectivity index (χ2n) is 3.32. The van der Waals surface area contributed by atoms with Gasteiger partial charge in [0.05, 0.1) is 6.10 Å². The molecule has 0 aromatic heterocycles. The summed E-state index contributed by atoms with van der Waals surface area (Å²) in [5.41, 5.74) is 2.02. The molecule has 0 amide bonds. The number of fused-ring (bicyclic) bond motifs is 1. The zero-order valence-electron chi connectivity index (χ0n) is 7.46. The van der Waals surface area contributed by atoms with Gasteiger partial charge in [-0.1, -0.05) is 24.3 Å². The quantitative estimate of drug-likeness (QED) is 0.736. The van der Waals surface area contributed by atoms with Crippen molar-refractivity contribution in [3.8, 4) is 0 Å². The van der Waals surface area contributed by atoms with Crippen LogP contribution in [0.1, 0.15) is 23.7 Å². The predicted octanol–water partition coefficient (Wildman–Crippen LogP) is 1.78. The highest BCUT2D eigenvalue weighted by Gasteiger charge is 2.29. The third-order valence-electron chi connectivity index (χ3n) is 2.34. The molecule has 1 aliphatic carbocycles. The number of benzene rings is 1. The molecule has 1 atom stereocenters. The third-order valence-corrected chi connectivity index (χ3v) is 2.87. The van der Waals surface area contributed by atoms with Gasteiger partial charge in [-0.25, -0.2) is 4.57 Å². The lowest BCUT2D eigenvalue weighted by atomic mass is 10.1. The molecule has 76 valence electrons. The van der Waals surface area contributed by atoms with Gasteiger partial charge in [0.15, 0.2) is 0 Å². The Kier molecular flexibility index (Phi) is 2.45. The van der Waals surface area contributed by atoms with E-state index in [1.807, 2.05) is 24.3 Å². The van der Waals surface area contributed by atoms with Crippen molar-refractivity contribution in [3.05, 3.63) is 35.4 Å². The Labute approximate surface area is 81.8 Å². The maximum atomic E-state index is 10.7. The molecule has 0 aliphatic heterocycles. The number of rotatable bonds is 2. The zero-order chi connectivity index (χ0) is 10.2. The van der Waals surface area contributed by atoms with Gasteiger partial charge < -0.3 is 9.79 Å². The minimum absolute atomic E-state index is 0.452. The Hall–Kier alpha value is -0.670. The summed E-state index contributed by atoms with van der Waals surface area (Å²) in [6, 6.07) is 7.57. The Morgan fingerprint density at radius 1 is 1.36 bits per heavy atom. The smallest absolute Gasteiger partial charge is 0.303 e.